The number of carboxylic acid groups (broad SMARTS) is 1. The molecule has 0 fully saturated rings. The Labute approximate surface area is 230 Å². The maximum atomic E-state index is 12.9. The van der Waals surface area contributed by atoms with Crippen molar-refractivity contribution in [3.05, 3.63) is 70.4 Å². The Hall–Kier alpha value is -4.19. The number of carboxylic acids is 1. The molecule has 0 bridgehead atoms. The van der Waals surface area contributed by atoms with Crippen molar-refractivity contribution in [2.24, 2.45) is 0 Å². The first-order chi connectivity index (χ1) is 18.7. The number of thioether (sulfide) groups is 1. The number of nitrogens with zero attached hydrogens (tertiary/aromatic N) is 7. The van der Waals surface area contributed by atoms with Crippen LogP contribution >= 0.6 is 11.8 Å². The van der Waals surface area contributed by atoms with E-state index in [4.69, 9.17) is 10.1 Å². The van der Waals surface area contributed by atoms with Gasteiger partial charge in [0.15, 0.2) is 5.82 Å². The summed E-state index contributed by atoms with van der Waals surface area (Å²) in [6, 6.07) is 7.82. The van der Waals surface area contributed by atoms with Crippen LogP contribution in [0, 0.1) is 20.8 Å². The molecule has 1 aromatic carbocycles. The average Bonchev–Trinajstić information content (AvgIpc) is 3.47. The van der Waals surface area contributed by atoms with Crippen LogP contribution in [0.15, 0.2) is 36.0 Å². The van der Waals surface area contributed by atoms with E-state index in [-0.39, 0.29) is 12.5 Å². The number of imidazole rings is 1. The van der Waals surface area contributed by atoms with Crippen molar-refractivity contribution in [2.45, 2.75) is 64.5 Å². The topological polar surface area (TPSA) is 131 Å². The molecule has 0 unspecified atom stereocenters. The van der Waals surface area contributed by atoms with Crippen molar-refractivity contribution in [2.75, 3.05) is 4.90 Å². The second-order valence-corrected chi connectivity index (χ2v) is 10.4. The first-order valence-corrected chi connectivity index (χ1v) is 13.6. The van der Waals surface area contributed by atoms with E-state index in [2.05, 4.69) is 31.5 Å². The number of nitrogens with one attached hydrogen (secondary N) is 1. The Balaban J connectivity index is 1.42. The molecule has 1 aliphatic rings. The molecule has 0 saturated carbocycles. The minimum atomic E-state index is -0.852. The highest BCUT2D eigenvalue weighted by Gasteiger charge is 2.32. The lowest BCUT2D eigenvalue weighted by Crippen LogP contribution is -2.43. The Morgan fingerprint density at radius 3 is 2.56 bits per heavy atom. The zero-order valence-corrected chi connectivity index (χ0v) is 23.2. The Morgan fingerprint density at radius 2 is 1.87 bits per heavy atom. The number of hydrogen-bond acceptors (Lipinski definition) is 7. The van der Waals surface area contributed by atoms with Gasteiger partial charge in [0.1, 0.15) is 11.5 Å². The van der Waals surface area contributed by atoms with E-state index in [0.29, 0.717) is 47.7 Å². The fourth-order valence-corrected chi connectivity index (χ4v) is 5.54. The number of urea groups is 1. The lowest BCUT2D eigenvalue weighted by atomic mass is 10.1. The van der Waals surface area contributed by atoms with Gasteiger partial charge in [-0.2, -0.15) is 4.98 Å². The summed E-state index contributed by atoms with van der Waals surface area (Å²) < 4.78 is 3.72. The first kappa shape index (κ1) is 26.4. The third-order valence-electron chi connectivity index (χ3n) is 6.80. The highest BCUT2D eigenvalue weighted by molar-refractivity contribution is 7.98. The van der Waals surface area contributed by atoms with Gasteiger partial charge in [0.2, 0.25) is 5.16 Å². The number of hydrogen-bond donors (Lipinski definition) is 2. The molecule has 4 aromatic rings. The van der Waals surface area contributed by atoms with E-state index < -0.39 is 5.97 Å². The predicted molar refractivity (Wildman–Crippen MR) is 149 cm³/mol. The molecule has 202 valence electrons. The van der Waals surface area contributed by atoms with Gasteiger partial charge in [0.05, 0.1) is 18.0 Å². The molecule has 2 N–H and O–H groups in total. The van der Waals surface area contributed by atoms with Gasteiger partial charge < -0.3 is 15.0 Å². The molecule has 11 nitrogen and oxygen atoms in total. The SMILES string of the molecule is C=C1NC(=O)N(Cc2ccc(C)cc2)c2nc(CSc3nc4nc(C)c(CCC(=O)O)c(C)n4n3)n(CC)c21. The summed E-state index contributed by atoms with van der Waals surface area (Å²) in [5, 5.41) is 17.1. The number of aromatic nitrogens is 6. The number of anilines is 1. The van der Waals surface area contributed by atoms with Gasteiger partial charge in [-0.15, -0.1) is 5.10 Å². The Kier molecular flexibility index (Phi) is 7.13. The molecule has 0 saturated heterocycles. The first-order valence-electron chi connectivity index (χ1n) is 12.7. The van der Waals surface area contributed by atoms with Gasteiger partial charge in [0, 0.05) is 24.4 Å². The fraction of sp³-hybridized carbons (Fsp3) is 0.333. The molecule has 39 heavy (non-hydrogen) atoms. The second kappa shape index (κ2) is 10.5. The molecule has 0 radical (unpaired) electrons. The third kappa shape index (κ3) is 5.11. The van der Waals surface area contributed by atoms with Crippen molar-refractivity contribution < 1.29 is 14.7 Å². The molecule has 5 rings (SSSR count). The summed E-state index contributed by atoms with van der Waals surface area (Å²) in [6.45, 7) is 12.9. The number of carbonyl (C=O) groups excluding carboxylic acids is 1. The molecule has 4 heterocycles. The number of fused-ring (bicyclic) bond motifs is 2. The molecule has 3 aromatic heterocycles. The van der Waals surface area contributed by atoms with Gasteiger partial charge in [-0.3, -0.25) is 9.69 Å². The highest BCUT2D eigenvalue weighted by atomic mass is 32.2. The number of aliphatic carboxylic acids is 1. The van der Waals surface area contributed by atoms with Crippen LogP contribution in [0.4, 0.5) is 10.6 Å². The summed E-state index contributed by atoms with van der Waals surface area (Å²) in [7, 11) is 0. The van der Waals surface area contributed by atoms with Crippen LogP contribution in [-0.4, -0.2) is 46.2 Å². The van der Waals surface area contributed by atoms with Crippen LogP contribution in [-0.2, 0) is 30.1 Å². The van der Waals surface area contributed by atoms with E-state index in [1.165, 1.54) is 11.8 Å². The molecule has 1 aliphatic heterocycles. The van der Waals surface area contributed by atoms with Crippen LogP contribution in [0.3, 0.4) is 0 Å². The Morgan fingerprint density at radius 1 is 1.13 bits per heavy atom. The van der Waals surface area contributed by atoms with Gasteiger partial charge >= 0.3 is 12.0 Å². The van der Waals surface area contributed by atoms with Crippen LogP contribution in [0.2, 0.25) is 0 Å². The molecule has 0 spiro atoms. The summed E-state index contributed by atoms with van der Waals surface area (Å²) >= 11 is 1.43. The molecule has 0 atom stereocenters. The Bertz CT molecular complexity index is 1610. The van der Waals surface area contributed by atoms with Crippen LogP contribution in [0.25, 0.3) is 11.5 Å². The zero-order chi connectivity index (χ0) is 27.8. The maximum absolute atomic E-state index is 12.9. The van der Waals surface area contributed by atoms with E-state index in [9.17, 15) is 9.59 Å². The average molecular weight is 547 g/mol. The second-order valence-electron chi connectivity index (χ2n) is 9.47. The van der Waals surface area contributed by atoms with Gasteiger partial charge in [-0.1, -0.05) is 48.2 Å². The van der Waals surface area contributed by atoms with E-state index in [1.54, 1.807) is 9.42 Å². The molecular formula is C27H30N8O3S. The summed E-state index contributed by atoms with van der Waals surface area (Å²) in [5.41, 5.74) is 5.92. The number of amides is 2. The minimum absolute atomic E-state index is 0.0269. The third-order valence-corrected chi connectivity index (χ3v) is 7.63. The van der Waals surface area contributed by atoms with Crippen molar-refractivity contribution in [1.82, 2.24) is 34.4 Å². The normalized spacial score (nSPS) is 13.2. The minimum Gasteiger partial charge on any atom is -0.481 e. The van der Waals surface area contributed by atoms with E-state index >= 15 is 0 Å². The quantitative estimate of drug-likeness (QED) is 0.298. The monoisotopic (exact) mass is 546 g/mol. The summed E-state index contributed by atoms with van der Waals surface area (Å²) in [5.74, 6) is 1.45. The smallest absolute Gasteiger partial charge is 0.327 e. The molecule has 2 amide bonds. The standard InChI is InChI=1S/C27H30N8O3S/c1-6-33-21(14-39-26-31-25-28-16(3)20(11-12-22(36)37)18(5)35(25)32-26)30-24-23(33)17(4)29-27(38)34(24)13-19-9-7-15(2)8-10-19/h7-10H,4,6,11-14H2,1-3,5H3,(H,29,38)(H,36,37). The lowest BCUT2D eigenvalue weighted by molar-refractivity contribution is -0.136. The number of carbonyl (C=O) groups is 2. The number of rotatable bonds is 9. The summed E-state index contributed by atoms with van der Waals surface area (Å²) in [4.78, 5) is 39.7. The van der Waals surface area contributed by atoms with Crippen LogP contribution in [0.1, 0.15) is 52.9 Å². The van der Waals surface area contributed by atoms with E-state index in [0.717, 1.165) is 39.6 Å². The van der Waals surface area contributed by atoms with Gasteiger partial charge in [-0.25, -0.2) is 19.3 Å². The maximum Gasteiger partial charge on any atom is 0.327 e. The molecule has 12 heteroatoms. The van der Waals surface area contributed by atoms with Gasteiger partial charge in [0.25, 0.3) is 5.78 Å². The van der Waals surface area contributed by atoms with Crippen molar-refractivity contribution in [1.29, 1.82) is 0 Å². The van der Waals surface area contributed by atoms with E-state index in [1.807, 2.05) is 52.0 Å². The largest absolute Gasteiger partial charge is 0.481 e. The van der Waals surface area contributed by atoms with Crippen molar-refractivity contribution in [3.63, 3.8) is 0 Å². The van der Waals surface area contributed by atoms with Crippen molar-refractivity contribution in [3.8, 4) is 0 Å². The molecular weight excluding hydrogens is 516 g/mol. The van der Waals surface area contributed by atoms with Crippen LogP contribution in [0.5, 0.6) is 0 Å². The zero-order valence-electron chi connectivity index (χ0n) is 22.4. The van der Waals surface area contributed by atoms with Crippen LogP contribution < -0.4 is 10.2 Å². The van der Waals surface area contributed by atoms with Crippen molar-refractivity contribution >= 4 is 41.1 Å². The number of aryl methyl sites for hydroxylation is 3. The van der Waals surface area contributed by atoms with Gasteiger partial charge in [-0.05, 0) is 45.2 Å². The highest BCUT2D eigenvalue weighted by Crippen LogP contribution is 2.33. The predicted octanol–water partition coefficient (Wildman–Crippen LogP) is 4.28. The molecule has 0 aliphatic carbocycles. The lowest BCUT2D eigenvalue weighted by Gasteiger charge is -2.28. The fourth-order valence-electron chi connectivity index (χ4n) is 4.77. The number of benzene rings is 1. The summed E-state index contributed by atoms with van der Waals surface area (Å²) in [6.07, 6.45) is 0.409.